The Morgan fingerprint density at radius 3 is 2.33 bits per heavy atom. The van der Waals surface area contributed by atoms with Gasteiger partial charge in [0.2, 0.25) is 0 Å². The minimum atomic E-state index is -3.86. The molecule has 0 heterocycles. The van der Waals surface area contributed by atoms with Crippen molar-refractivity contribution in [3.8, 4) is 6.07 Å². The Balaban J connectivity index is 2.47. The third-order valence-electron chi connectivity index (χ3n) is 2.99. The van der Waals surface area contributed by atoms with Crippen molar-refractivity contribution in [2.24, 2.45) is 0 Å². The highest BCUT2D eigenvalue weighted by molar-refractivity contribution is 7.92. The van der Waals surface area contributed by atoms with Crippen molar-refractivity contribution in [1.82, 2.24) is 0 Å². The van der Waals surface area contributed by atoms with Gasteiger partial charge < -0.3 is 0 Å². The molecule has 2 aromatic rings. The average molecular weight is 304 g/mol. The number of benzene rings is 2. The van der Waals surface area contributed by atoms with Crippen molar-refractivity contribution < 1.29 is 12.8 Å². The fraction of sp³-hybridized carbons (Fsp3) is 0.133. The first-order valence-corrected chi connectivity index (χ1v) is 7.61. The predicted octanol–water partition coefficient (Wildman–Crippen LogP) is 3.12. The number of nitrogens with zero attached hydrogens (tertiary/aromatic N) is 1. The van der Waals surface area contributed by atoms with Gasteiger partial charge in [0.1, 0.15) is 11.9 Å². The predicted molar refractivity (Wildman–Crippen MR) is 77.8 cm³/mol. The molecule has 0 aliphatic heterocycles. The molecule has 0 aliphatic carbocycles. The molecule has 0 unspecified atom stereocenters. The van der Waals surface area contributed by atoms with Gasteiger partial charge in [0, 0.05) is 0 Å². The summed E-state index contributed by atoms with van der Waals surface area (Å²) in [6, 6.07) is 10.3. The van der Waals surface area contributed by atoms with Crippen molar-refractivity contribution in [1.29, 1.82) is 5.26 Å². The third kappa shape index (κ3) is 3.20. The first-order valence-electron chi connectivity index (χ1n) is 6.13. The van der Waals surface area contributed by atoms with Gasteiger partial charge in [0.25, 0.3) is 10.0 Å². The monoisotopic (exact) mass is 304 g/mol. The average Bonchev–Trinajstić information content (AvgIpc) is 2.38. The standard InChI is InChI=1S/C15H13FN2O2S/c1-10-3-5-13(6-4-10)21(19,20)18-15-8-12(16)7-11(2)14(15)9-17/h3-8,18H,1-2H3. The smallest absolute Gasteiger partial charge is 0.261 e. The molecule has 0 fully saturated rings. The van der Waals surface area contributed by atoms with Gasteiger partial charge in [-0.1, -0.05) is 17.7 Å². The Morgan fingerprint density at radius 2 is 1.76 bits per heavy atom. The van der Waals surface area contributed by atoms with Gasteiger partial charge in [-0.2, -0.15) is 5.26 Å². The molecule has 0 aromatic heterocycles. The zero-order valence-corrected chi connectivity index (χ0v) is 12.3. The van der Waals surface area contributed by atoms with Crippen LogP contribution in [-0.2, 0) is 10.0 Å². The summed E-state index contributed by atoms with van der Waals surface area (Å²) in [6.45, 7) is 3.39. The Hall–Kier alpha value is -2.39. The SMILES string of the molecule is Cc1ccc(S(=O)(=O)Nc2cc(F)cc(C)c2C#N)cc1. The fourth-order valence-electron chi connectivity index (χ4n) is 1.89. The number of sulfonamides is 1. The summed E-state index contributed by atoms with van der Waals surface area (Å²) < 4.78 is 40.2. The second-order valence-corrected chi connectivity index (χ2v) is 6.36. The minimum absolute atomic E-state index is 0.0545. The van der Waals surface area contributed by atoms with Gasteiger partial charge in [0.05, 0.1) is 16.1 Å². The molecule has 1 N–H and O–H groups in total. The molecular formula is C15H13FN2O2S. The van der Waals surface area contributed by atoms with Crippen molar-refractivity contribution in [3.05, 3.63) is 58.9 Å². The normalized spacial score (nSPS) is 11.0. The van der Waals surface area contributed by atoms with Crippen LogP contribution in [0, 0.1) is 31.0 Å². The number of hydrogen-bond donors (Lipinski definition) is 1. The topological polar surface area (TPSA) is 70.0 Å². The second kappa shape index (κ2) is 5.54. The van der Waals surface area contributed by atoms with E-state index in [1.807, 2.05) is 13.0 Å². The molecule has 0 radical (unpaired) electrons. The molecule has 0 bridgehead atoms. The summed E-state index contributed by atoms with van der Waals surface area (Å²) in [5, 5.41) is 9.09. The van der Waals surface area contributed by atoms with Crippen LogP contribution in [0.3, 0.4) is 0 Å². The van der Waals surface area contributed by atoms with E-state index >= 15 is 0 Å². The highest BCUT2D eigenvalue weighted by Gasteiger charge is 2.17. The summed E-state index contributed by atoms with van der Waals surface area (Å²) in [5.41, 5.74) is 1.34. The molecule has 6 heteroatoms. The number of halogens is 1. The lowest BCUT2D eigenvalue weighted by Crippen LogP contribution is -2.14. The van der Waals surface area contributed by atoms with Crippen LogP contribution in [-0.4, -0.2) is 8.42 Å². The number of rotatable bonds is 3. The van der Waals surface area contributed by atoms with E-state index in [9.17, 15) is 12.8 Å². The Bertz CT molecular complexity index is 822. The summed E-state index contributed by atoms with van der Waals surface area (Å²) in [6.07, 6.45) is 0. The number of hydrogen-bond acceptors (Lipinski definition) is 3. The van der Waals surface area contributed by atoms with E-state index in [1.54, 1.807) is 19.1 Å². The van der Waals surface area contributed by atoms with Crippen molar-refractivity contribution in [2.45, 2.75) is 18.7 Å². The number of nitrogens with one attached hydrogen (secondary N) is 1. The van der Waals surface area contributed by atoms with E-state index in [-0.39, 0.29) is 16.1 Å². The lowest BCUT2D eigenvalue weighted by molar-refractivity contribution is 0.601. The minimum Gasteiger partial charge on any atom is -0.278 e. The second-order valence-electron chi connectivity index (χ2n) is 4.68. The fourth-order valence-corrected chi connectivity index (χ4v) is 2.96. The Labute approximate surface area is 122 Å². The van der Waals surface area contributed by atoms with Gasteiger partial charge >= 0.3 is 0 Å². The first kappa shape index (κ1) is 15.0. The van der Waals surface area contributed by atoms with Crippen LogP contribution in [0.15, 0.2) is 41.3 Å². The zero-order chi connectivity index (χ0) is 15.6. The van der Waals surface area contributed by atoms with Gasteiger partial charge in [-0.15, -0.1) is 0 Å². The molecule has 0 atom stereocenters. The maximum Gasteiger partial charge on any atom is 0.261 e. The van der Waals surface area contributed by atoms with E-state index < -0.39 is 15.8 Å². The maximum atomic E-state index is 13.4. The van der Waals surface area contributed by atoms with Crippen LogP contribution >= 0.6 is 0 Å². The van der Waals surface area contributed by atoms with E-state index in [4.69, 9.17) is 5.26 Å². The summed E-state index contributed by atoms with van der Waals surface area (Å²) in [7, 11) is -3.86. The maximum absolute atomic E-state index is 13.4. The molecule has 0 aliphatic rings. The molecular weight excluding hydrogens is 291 g/mol. The highest BCUT2D eigenvalue weighted by Crippen LogP contribution is 2.24. The highest BCUT2D eigenvalue weighted by atomic mass is 32.2. The molecule has 0 spiro atoms. The molecule has 0 saturated carbocycles. The summed E-state index contributed by atoms with van der Waals surface area (Å²) in [4.78, 5) is 0.0545. The van der Waals surface area contributed by atoms with E-state index in [2.05, 4.69) is 4.72 Å². The van der Waals surface area contributed by atoms with Gasteiger partial charge in [-0.3, -0.25) is 4.72 Å². The van der Waals surface area contributed by atoms with Crippen molar-refractivity contribution in [3.63, 3.8) is 0 Å². The van der Waals surface area contributed by atoms with Crippen LogP contribution in [0.1, 0.15) is 16.7 Å². The van der Waals surface area contributed by atoms with Gasteiger partial charge in [0.15, 0.2) is 0 Å². The first-order chi connectivity index (χ1) is 9.83. The van der Waals surface area contributed by atoms with Crippen LogP contribution in [0.5, 0.6) is 0 Å². The largest absolute Gasteiger partial charge is 0.278 e. The van der Waals surface area contributed by atoms with Crippen molar-refractivity contribution >= 4 is 15.7 Å². The van der Waals surface area contributed by atoms with Crippen LogP contribution in [0.4, 0.5) is 10.1 Å². The van der Waals surface area contributed by atoms with Crippen LogP contribution in [0.2, 0.25) is 0 Å². The lowest BCUT2D eigenvalue weighted by atomic mass is 10.1. The molecule has 108 valence electrons. The number of anilines is 1. The van der Waals surface area contributed by atoms with E-state index in [0.717, 1.165) is 11.6 Å². The van der Waals surface area contributed by atoms with Crippen LogP contribution in [0.25, 0.3) is 0 Å². The van der Waals surface area contributed by atoms with Crippen molar-refractivity contribution in [2.75, 3.05) is 4.72 Å². The summed E-state index contributed by atoms with van der Waals surface area (Å²) in [5.74, 6) is -0.604. The third-order valence-corrected chi connectivity index (χ3v) is 4.37. The quantitative estimate of drug-likeness (QED) is 0.947. The molecule has 21 heavy (non-hydrogen) atoms. The Morgan fingerprint density at radius 1 is 1.14 bits per heavy atom. The van der Waals surface area contributed by atoms with E-state index in [0.29, 0.717) is 5.56 Å². The Kier molecular flexibility index (Phi) is 3.96. The molecule has 0 amide bonds. The van der Waals surface area contributed by atoms with Crippen LogP contribution < -0.4 is 4.72 Å². The number of aryl methyl sites for hydroxylation is 2. The lowest BCUT2D eigenvalue weighted by Gasteiger charge is -2.11. The summed E-state index contributed by atoms with van der Waals surface area (Å²) >= 11 is 0. The molecule has 0 saturated heterocycles. The molecule has 2 aromatic carbocycles. The number of nitriles is 1. The van der Waals surface area contributed by atoms with E-state index in [1.165, 1.54) is 18.2 Å². The molecule has 2 rings (SSSR count). The molecule has 4 nitrogen and oxygen atoms in total. The van der Waals surface area contributed by atoms with Gasteiger partial charge in [-0.05, 0) is 43.7 Å². The van der Waals surface area contributed by atoms with Gasteiger partial charge in [-0.25, -0.2) is 12.8 Å². The zero-order valence-electron chi connectivity index (χ0n) is 11.5.